The summed E-state index contributed by atoms with van der Waals surface area (Å²) in [4.78, 5) is 21.8. The number of hydrogen-bond donors (Lipinski definition) is 1. The molecule has 6 nitrogen and oxygen atoms in total. The van der Waals surface area contributed by atoms with Gasteiger partial charge in [0.1, 0.15) is 17.4 Å². The second-order valence-corrected chi connectivity index (χ2v) is 10.4. The number of nitriles is 1. The summed E-state index contributed by atoms with van der Waals surface area (Å²) in [5.41, 5.74) is -0.676. The third-order valence-electron chi connectivity index (χ3n) is 7.85. The summed E-state index contributed by atoms with van der Waals surface area (Å²) in [6.07, 6.45) is 2.08. The lowest BCUT2D eigenvalue weighted by molar-refractivity contribution is -0.425. The summed E-state index contributed by atoms with van der Waals surface area (Å²) in [5, 5.41) is 12.9. The standard InChI is InChI=1S/C26H26ClF3N5O/c1-25(18-4-2-3-16(21(18)28)22(29)30)14-35(25)23-17-11-15(12-19(17)33-24(27)34-23)5-6-20(36)26(13-31)7-9-32-10-8-26/h2-4,14-15,22,32H,5-12H2,1H3/q+1/t15?,25-/m1/s1. The molecule has 0 radical (unpaired) electrons. The number of ketones is 1. The van der Waals surface area contributed by atoms with Crippen molar-refractivity contribution in [3.63, 3.8) is 0 Å². The molecular weight excluding hydrogens is 491 g/mol. The van der Waals surface area contributed by atoms with Gasteiger partial charge in [0.25, 0.3) is 6.43 Å². The van der Waals surface area contributed by atoms with Gasteiger partial charge in [0.15, 0.2) is 11.3 Å². The zero-order valence-corrected chi connectivity index (χ0v) is 20.6. The lowest BCUT2D eigenvalue weighted by Gasteiger charge is -2.30. The first kappa shape index (κ1) is 24.8. The highest BCUT2D eigenvalue weighted by Crippen LogP contribution is 2.45. The number of nitrogens with zero attached hydrogens (tertiary/aromatic N) is 4. The molecule has 1 unspecified atom stereocenters. The zero-order valence-electron chi connectivity index (χ0n) is 19.8. The van der Waals surface area contributed by atoms with Crippen molar-refractivity contribution in [1.82, 2.24) is 15.3 Å². The van der Waals surface area contributed by atoms with Crippen LogP contribution in [-0.2, 0) is 23.2 Å². The van der Waals surface area contributed by atoms with Gasteiger partial charge in [0, 0.05) is 12.0 Å². The number of benzene rings is 1. The first-order chi connectivity index (χ1) is 17.2. The van der Waals surface area contributed by atoms with Gasteiger partial charge in [-0.1, -0.05) is 18.2 Å². The van der Waals surface area contributed by atoms with Gasteiger partial charge in [-0.2, -0.15) is 10.2 Å². The summed E-state index contributed by atoms with van der Waals surface area (Å²) >= 11 is 6.22. The number of nitrogens with one attached hydrogen (secondary N) is 1. The first-order valence-electron chi connectivity index (χ1n) is 12.1. The third kappa shape index (κ3) is 4.20. The van der Waals surface area contributed by atoms with E-state index in [1.807, 2.05) is 0 Å². The minimum absolute atomic E-state index is 0.00645. The Bertz CT molecular complexity index is 1300. The highest BCUT2D eigenvalue weighted by molar-refractivity contribution is 6.28. The minimum atomic E-state index is -2.91. The van der Waals surface area contributed by atoms with Gasteiger partial charge < -0.3 is 5.32 Å². The van der Waals surface area contributed by atoms with E-state index in [9.17, 15) is 23.2 Å². The van der Waals surface area contributed by atoms with Crippen LogP contribution in [0, 0.1) is 28.5 Å². The quantitative estimate of drug-likeness (QED) is 0.422. The van der Waals surface area contributed by atoms with Crippen LogP contribution in [0.4, 0.5) is 19.0 Å². The van der Waals surface area contributed by atoms with Crippen molar-refractivity contribution in [3.8, 4) is 6.07 Å². The monoisotopic (exact) mass is 516 g/mol. The van der Waals surface area contributed by atoms with E-state index < -0.39 is 28.8 Å². The molecule has 1 aromatic heterocycles. The number of piperidine rings is 1. The van der Waals surface area contributed by atoms with Crippen molar-refractivity contribution in [1.29, 1.82) is 5.26 Å². The van der Waals surface area contributed by atoms with Crippen LogP contribution in [0.15, 0.2) is 18.2 Å². The van der Waals surface area contributed by atoms with Crippen molar-refractivity contribution < 1.29 is 22.5 Å². The van der Waals surface area contributed by atoms with E-state index in [1.165, 1.54) is 12.1 Å². The van der Waals surface area contributed by atoms with Gasteiger partial charge in [-0.05, 0) is 74.6 Å². The SMILES string of the molecule is C[C@]1(c2cccc(C(F)F)c2F)C=[N+]1c1nc(Cl)nc2c1CC(CCC(=O)C1(C#N)CCNCC1)C2. The smallest absolute Gasteiger partial charge is 0.317 e. The fraction of sp³-hybridized carbons (Fsp3) is 0.500. The normalized spacial score (nSPS) is 24.2. The number of aromatic nitrogens is 2. The molecule has 1 aromatic carbocycles. The molecule has 1 saturated heterocycles. The van der Waals surface area contributed by atoms with Crippen LogP contribution in [0.2, 0.25) is 5.28 Å². The number of alkyl halides is 2. The Morgan fingerprint density at radius 3 is 2.75 bits per heavy atom. The van der Waals surface area contributed by atoms with Gasteiger partial charge in [0.2, 0.25) is 0 Å². The third-order valence-corrected chi connectivity index (χ3v) is 8.02. The van der Waals surface area contributed by atoms with E-state index >= 15 is 0 Å². The van der Waals surface area contributed by atoms with Gasteiger partial charge in [-0.25, -0.2) is 17.7 Å². The summed E-state index contributed by atoms with van der Waals surface area (Å²) in [7, 11) is 0. The average Bonchev–Trinajstić information content (AvgIpc) is 3.38. The Labute approximate surface area is 212 Å². The predicted molar refractivity (Wildman–Crippen MR) is 127 cm³/mol. The van der Waals surface area contributed by atoms with E-state index in [0.717, 1.165) is 17.3 Å². The van der Waals surface area contributed by atoms with E-state index in [-0.39, 0.29) is 22.5 Å². The Balaban J connectivity index is 1.33. The Kier molecular flexibility index (Phi) is 6.38. The number of carbonyl (C=O) groups is 1. The molecule has 10 heteroatoms. The van der Waals surface area contributed by atoms with Crippen LogP contribution in [0.25, 0.3) is 0 Å². The molecule has 0 saturated carbocycles. The number of halogens is 4. The number of Topliss-reactive ketones (excluding diaryl/α,β-unsaturated/α-hetero) is 1. The molecule has 36 heavy (non-hydrogen) atoms. The molecule has 2 aliphatic heterocycles. The average molecular weight is 517 g/mol. The molecule has 1 N–H and O–H groups in total. The Morgan fingerprint density at radius 2 is 2.06 bits per heavy atom. The van der Waals surface area contributed by atoms with Crippen molar-refractivity contribution in [3.05, 3.63) is 51.7 Å². The van der Waals surface area contributed by atoms with Crippen LogP contribution in [0.1, 0.15) is 61.4 Å². The predicted octanol–water partition coefficient (Wildman–Crippen LogP) is 4.81. The van der Waals surface area contributed by atoms with Crippen molar-refractivity contribution >= 4 is 29.4 Å². The second-order valence-electron chi connectivity index (χ2n) is 10.1. The highest BCUT2D eigenvalue weighted by atomic mass is 35.5. The van der Waals surface area contributed by atoms with Crippen LogP contribution in [0.3, 0.4) is 0 Å². The lowest BCUT2D eigenvalue weighted by Crippen LogP contribution is -2.41. The largest absolute Gasteiger partial charge is 0.336 e. The van der Waals surface area contributed by atoms with Crippen LogP contribution in [0.5, 0.6) is 0 Å². The molecule has 2 aromatic rings. The maximum atomic E-state index is 14.9. The molecule has 0 spiro atoms. The first-order valence-corrected chi connectivity index (χ1v) is 12.5. The van der Waals surface area contributed by atoms with Crippen molar-refractivity contribution in [2.24, 2.45) is 11.3 Å². The topological polar surface area (TPSA) is 81.7 Å². The summed E-state index contributed by atoms with van der Waals surface area (Å²) in [6.45, 7) is 3.07. The summed E-state index contributed by atoms with van der Waals surface area (Å²) in [5.74, 6) is -0.257. The number of rotatable bonds is 7. The fourth-order valence-corrected chi connectivity index (χ4v) is 5.78. The van der Waals surface area contributed by atoms with Crippen LogP contribution in [-0.4, -0.2) is 39.6 Å². The van der Waals surface area contributed by atoms with Gasteiger partial charge in [-0.15, -0.1) is 0 Å². The van der Waals surface area contributed by atoms with Gasteiger partial charge in [-0.3, -0.25) is 4.79 Å². The summed E-state index contributed by atoms with van der Waals surface area (Å²) < 4.78 is 43.2. The number of carbonyl (C=O) groups excluding carboxylic acids is 1. The Hall–Kier alpha value is -2.83. The molecule has 0 amide bonds. The van der Waals surface area contributed by atoms with E-state index in [4.69, 9.17) is 11.6 Å². The second kappa shape index (κ2) is 9.24. The molecular formula is C26H26ClF3N5O+. The number of fused-ring (bicyclic) bond motifs is 1. The minimum Gasteiger partial charge on any atom is -0.317 e. The maximum Gasteiger partial charge on any atom is 0.336 e. The molecule has 3 heterocycles. The number of hydrogen-bond acceptors (Lipinski definition) is 5. The molecule has 2 atom stereocenters. The van der Waals surface area contributed by atoms with Crippen molar-refractivity contribution in [2.45, 2.75) is 57.4 Å². The lowest BCUT2D eigenvalue weighted by atomic mass is 9.74. The molecule has 188 valence electrons. The molecule has 1 aliphatic carbocycles. The van der Waals surface area contributed by atoms with E-state index in [1.54, 1.807) is 17.7 Å². The highest BCUT2D eigenvalue weighted by Gasteiger charge is 2.53. The van der Waals surface area contributed by atoms with Gasteiger partial charge in [0.05, 0.1) is 22.9 Å². The van der Waals surface area contributed by atoms with E-state index in [0.29, 0.717) is 57.4 Å². The van der Waals surface area contributed by atoms with Crippen LogP contribution < -0.4 is 5.32 Å². The van der Waals surface area contributed by atoms with Gasteiger partial charge >= 0.3 is 11.1 Å². The molecule has 1 fully saturated rings. The maximum absolute atomic E-state index is 14.9. The molecule has 3 aliphatic rings. The zero-order chi connectivity index (χ0) is 25.7. The van der Waals surface area contributed by atoms with Crippen molar-refractivity contribution in [2.75, 3.05) is 13.1 Å². The fourth-order valence-electron chi connectivity index (χ4n) is 5.60. The molecule has 5 rings (SSSR count). The van der Waals surface area contributed by atoms with Crippen LogP contribution >= 0.6 is 11.6 Å². The molecule has 0 bridgehead atoms. The van der Waals surface area contributed by atoms with E-state index in [2.05, 4.69) is 21.4 Å². The summed E-state index contributed by atoms with van der Waals surface area (Å²) in [6, 6.07) is 6.29. The Morgan fingerprint density at radius 1 is 1.31 bits per heavy atom.